The van der Waals surface area contributed by atoms with Crippen LogP contribution >= 0.6 is 11.6 Å². The van der Waals surface area contributed by atoms with Crippen molar-refractivity contribution in [2.24, 2.45) is 5.92 Å². The van der Waals surface area contributed by atoms with Crippen molar-refractivity contribution in [3.05, 3.63) is 53.1 Å². The Morgan fingerprint density at radius 3 is 2.64 bits per heavy atom. The van der Waals surface area contributed by atoms with Crippen LogP contribution in [0.15, 0.2) is 42.5 Å². The quantitative estimate of drug-likeness (QED) is 0.703. The van der Waals surface area contributed by atoms with Gasteiger partial charge in [0.15, 0.2) is 0 Å². The predicted octanol–water partition coefficient (Wildman–Crippen LogP) is 3.29. The Hall–Kier alpha value is -3.27. The first-order valence-corrected chi connectivity index (χ1v) is 10.6. The van der Waals surface area contributed by atoms with Crippen LogP contribution in [0.3, 0.4) is 0 Å². The van der Waals surface area contributed by atoms with Crippen LogP contribution in [-0.4, -0.2) is 43.9 Å². The van der Waals surface area contributed by atoms with Crippen molar-refractivity contribution in [2.45, 2.75) is 12.6 Å². The molecule has 4 rings (SSSR count). The number of hydrogen-bond donors (Lipinski definition) is 2. The van der Waals surface area contributed by atoms with E-state index in [2.05, 4.69) is 10.6 Å². The monoisotopic (exact) mass is 480 g/mol. The smallest absolute Gasteiger partial charge is 0.359 e. The summed E-state index contributed by atoms with van der Waals surface area (Å²) >= 11 is 6.35. The summed E-state index contributed by atoms with van der Waals surface area (Å²) < 4.78 is 39.0. The van der Waals surface area contributed by atoms with Gasteiger partial charge in [-0.2, -0.15) is 13.2 Å². The van der Waals surface area contributed by atoms with Crippen molar-refractivity contribution >= 4 is 46.4 Å². The van der Waals surface area contributed by atoms with Gasteiger partial charge in [0.2, 0.25) is 17.7 Å². The molecule has 33 heavy (non-hydrogen) atoms. The molecule has 0 bridgehead atoms. The van der Waals surface area contributed by atoms with Crippen LogP contribution in [0.5, 0.6) is 0 Å². The zero-order valence-corrected chi connectivity index (χ0v) is 18.0. The molecule has 2 aliphatic heterocycles. The fourth-order valence-electron chi connectivity index (χ4n) is 3.91. The molecule has 2 N–H and O–H groups in total. The minimum absolute atomic E-state index is 0.0271. The van der Waals surface area contributed by atoms with Crippen LogP contribution in [0.25, 0.3) is 0 Å². The van der Waals surface area contributed by atoms with E-state index in [0.29, 0.717) is 29.5 Å². The molecular formula is C22H20ClF3N4O3. The highest BCUT2D eigenvalue weighted by molar-refractivity contribution is 6.33. The third-order valence-corrected chi connectivity index (χ3v) is 5.88. The van der Waals surface area contributed by atoms with Crippen LogP contribution in [0.1, 0.15) is 12.0 Å². The summed E-state index contributed by atoms with van der Waals surface area (Å²) in [7, 11) is 0. The van der Waals surface area contributed by atoms with Gasteiger partial charge in [0, 0.05) is 37.4 Å². The average Bonchev–Trinajstić information content (AvgIpc) is 3.15. The van der Waals surface area contributed by atoms with E-state index in [1.54, 1.807) is 18.2 Å². The van der Waals surface area contributed by atoms with Gasteiger partial charge in [0.05, 0.1) is 28.7 Å². The average molecular weight is 481 g/mol. The highest BCUT2D eigenvalue weighted by Gasteiger charge is 2.37. The van der Waals surface area contributed by atoms with Crippen LogP contribution in [0.2, 0.25) is 5.02 Å². The van der Waals surface area contributed by atoms with Crippen molar-refractivity contribution in [3.63, 3.8) is 0 Å². The maximum atomic E-state index is 13.0. The lowest BCUT2D eigenvalue weighted by Gasteiger charge is -2.29. The number of alkyl halides is 3. The number of amides is 3. The topological polar surface area (TPSA) is 81.8 Å². The SMILES string of the molecule is O=C1CN(c2ccc(NC(=O)C3CC(=O)N(c4cccc(C(F)(F)F)c4)C3)cc2Cl)CCN1. The second-order valence-corrected chi connectivity index (χ2v) is 8.29. The van der Waals surface area contributed by atoms with Gasteiger partial charge in [0.1, 0.15) is 0 Å². The number of halogens is 4. The van der Waals surface area contributed by atoms with E-state index in [1.807, 2.05) is 4.90 Å². The summed E-state index contributed by atoms with van der Waals surface area (Å²) in [6.45, 7) is 1.26. The minimum Gasteiger partial charge on any atom is -0.359 e. The Labute approximate surface area is 192 Å². The fraction of sp³-hybridized carbons (Fsp3) is 0.318. The Bertz CT molecular complexity index is 1110. The van der Waals surface area contributed by atoms with Crippen molar-refractivity contribution in [1.82, 2.24) is 5.32 Å². The summed E-state index contributed by atoms with van der Waals surface area (Å²) in [4.78, 5) is 39.8. The number of rotatable bonds is 4. The van der Waals surface area contributed by atoms with E-state index in [0.717, 1.165) is 12.1 Å². The van der Waals surface area contributed by atoms with Gasteiger partial charge in [-0.05, 0) is 36.4 Å². The second-order valence-electron chi connectivity index (χ2n) is 7.88. The lowest BCUT2D eigenvalue weighted by molar-refractivity contribution is -0.137. The molecule has 2 aromatic rings. The molecule has 11 heteroatoms. The van der Waals surface area contributed by atoms with E-state index >= 15 is 0 Å². The predicted molar refractivity (Wildman–Crippen MR) is 117 cm³/mol. The maximum absolute atomic E-state index is 13.0. The van der Waals surface area contributed by atoms with Gasteiger partial charge < -0.3 is 20.4 Å². The maximum Gasteiger partial charge on any atom is 0.416 e. The van der Waals surface area contributed by atoms with Crippen molar-refractivity contribution < 1.29 is 27.6 Å². The number of nitrogens with one attached hydrogen (secondary N) is 2. The number of benzene rings is 2. The molecule has 0 aliphatic carbocycles. The number of carbonyl (C=O) groups excluding carboxylic acids is 3. The molecule has 0 saturated carbocycles. The van der Waals surface area contributed by atoms with Gasteiger partial charge >= 0.3 is 6.18 Å². The van der Waals surface area contributed by atoms with Crippen molar-refractivity contribution in [2.75, 3.05) is 41.3 Å². The zero-order valence-electron chi connectivity index (χ0n) is 17.3. The number of nitrogens with zero attached hydrogens (tertiary/aromatic N) is 2. The summed E-state index contributed by atoms with van der Waals surface area (Å²) in [5.74, 6) is -1.69. The molecule has 2 aromatic carbocycles. The van der Waals surface area contributed by atoms with Gasteiger partial charge in [-0.15, -0.1) is 0 Å². The zero-order chi connectivity index (χ0) is 23.8. The normalized spacial score (nSPS) is 19.0. The Balaban J connectivity index is 1.43. The second kappa shape index (κ2) is 8.93. The van der Waals surface area contributed by atoms with E-state index < -0.39 is 29.5 Å². The van der Waals surface area contributed by atoms with E-state index in [-0.39, 0.29) is 31.1 Å². The molecule has 1 unspecified atom stereocenters. The van der Waals surface area contributed by atoms with Crippen LogP contribution in [0.4, 0.5) is 30.2 Å². The number of piperazine rings is 1. The molecule has 2 aliphatic rings. The molecule has 0 radical (unpaired) electrons. The summed E-state index contributed by atoms with van der Waals surface area (Å²) in [5.41, 5.74) is 0.321. The fourth-order valence-corrected chi connectivity index (χ4v) is 4.21. The molecule has 0 spiro atoms. The van der Waals surface area contributed by atoms with Gasteiger partial charge in [0.25, 0.3) is 0 Å². The molecule has 0 aromatic heterocycles. The molecule has 7 nitrogen and oxygen atoms in total. The first-order valence-electron chi connectivity index (χ1n) is 10.2. The third kappa shape index (κ3) is 5.05. The summed E-state index contributed by atoms with van der Waals surface area (Å²) in [5, 5.41) is 5.80. The highest BCUT2D eigenvalue weighted by Crippen LogP contribution is 2.34. The Morgan fingerprint density at radius 2 is 1.94 bits per heavy atom. The van der Waals surface area contributed by atoms with Crippen LogP contribution in [-0.2, 0) is 20.6 Å². The number of hydrogen-bond acceptors (Lipinski definition) is 4. The Kier molecular flexibility index (Phi) is 6.20. The molecule has 2 saturated heterocycles. The minimum atomic E-state index is -4.53. The van der Waals surface area contributed by atoms with Gasteiger partial charge in [-0.3, -0.25) is 14.4 Å². The first-order chi connectivity index (χ1) is 15.6. The molecule has 174 valence electrons. The molecular weight excluding hydrogens is 461 g/mol. The largest absolute Gasteiger partial charge is 0.416 e. The first kappa shape index (κ1) is 22.9. The Morgan fingerprint density at radius 1 is 1.15 bits per heavy atom. The van der Waals surface area contributed by atoms with Crippen molar-refractivity contribution in [3.8, 4) is 0 Å². The summed E-state index contributed by atoms with van der Waals surface area (Å²) in [6, 6.07) is 9.37. The number of carbonyl (C=O) groups is 3. The van der Waals surface area contributed by atoms with E-state index in [4.69, 9.17) is 11.6 Å². The lowest BCUT2D eigenvalue weighted by Crippen LogP contribution is -2.47. The molecule has 2 heterocycles. The van der Waals surface area contributed by atoms with Crippen LogP contribution < -0.4 is 20.4 Å². The van der Waals surface area contributed by atoms with Crippen molar-refractivity contribution in [1.29, 1.82) is 0 Å². The standard InChI is InChI=1S/C22H20ClF3N4O3/c23-17-10-15(4-5-18(17)29-7-6-27-19(31)12-29)28-21(33)13-8-20(32)30(11-13)16-3-1-2-14(9-16)22(24,25)26/h1-5,9-10,13H,6-8,11-12H2,(H,27,31)(H,28,33). The molecule has 3 amide bonds. The van der Waals surface area contributed by atoms with Gasteiger partial charge in [-0.1, -0.05) is 17.7 Å². The summed E-state index contributed by atoms with van der Waals surface area (Å²) in [6.07, 6.45) is -4.64. The lowest BCUT2D eigenvalue weighted by atomic mass is 10.1. The molecule has 2 fully saturated rings. The number of anilines is 3. The highest BCUT2D eigenvalue weighted by atomic mass is 35.5. The van der Waals surface area contributed by atoms with E-state index in [9.17, 15) is 27.6 Å². The van der Waals surface area contributed by atoms with Crippen LogP contribution in [0, 0.1) is 5.92 Å². The third-order valence-electron chi connectivity index (χ3n) is 5.58. The molecule has 1 atom stereocenters. The van der Waals surface area contributed by atoms with E-state index in [1.165, 1.54) is 17.0 Å². The van der Waals surface area contributed by atoms with Gasteiger partial charge in [-0.25, -0.2) is 0 Å².